The van der Waals surface area contributed by atoms with Crippen LogP contribution in [0.15, 0.2) is 36.7 Å². The van der Waals surface area contributed by atoms with E-state index >= 15 is 0 Å². The highest BCUT2D eigenvalue weighted by Crippen LogP contribution is 2.36. The van der Waals surface area contributed by atoms with Crippen LogP contribution < -0.4 is 5.32 Å². The number of benzene rings is 1. The van der Waals surface area contributed by atoms with E-state index in [0.29, 0.717) is 12.4 Å². The number of anilines is 1. The molecule has 0 saturated carbocycles. The SMILES string of the molecule is CCNc1cc(-c2ccccc2C(F)(F)F)ncn1. The van der Waals surface area contributed by atoms with E-state index < -0.39 is 11.7 Å². The molecule has 0 fully saturated rings. The van der Waals surface area contributed by atoms with Gasteiger partial charge in [-0.25, -0.2) is 9.97 Å². The number of hydrogen-bond donors (Lipinski definition) is 1. The van der Waals surface area contributed by atoms with Gasteiger partial charge in [0.15, 0.2) is 0 Å². The largest absolute Gasteiger partial charge is 0.417 e. The van der Waals surface area contributed by atoms with Crippen LogP contribution in [-0.4, -0.2) is 16.5 Å². The van der Waals surface area contributed by atoms with Gasteiger partial charge in [-0.3, -0.25) is 0 Å². The van der Waals surface area contributed by atoms with Gasteiger partial charge in [0.05, 0.1) is 11.3 Å². The molecule has 1 heterocycles. The minimum absolute atomic E-state index is 0.0524. The third kappa shape index (κ3) is 3.01. The van der Waals surface area contributed by atoms with Gasteiger partial charge in [-0.15, -0.1) is 0 Å². The summed E-state index contributed by atoms with van der Waals surface area (Å²) in [5, 5.41) is 2.94. The Morgan fingerprint density at radius 2 is 1.89 bits per heavy atom. The highest BCUT2D eigenvalue weighted by Gasteiger charge is 2.33. The third-order valence-electron chi connectivity index (χ3n) is 2.53. The zero-order valence-electron chi connectivity index (χ0n) is 10.2. The van der Waals surface area contributed by atoms with Crippen molar-refractivity contribution in [2.45, 2.75) is 13.1 Å². The average molecular weight is 267 g/mol. The van der Waals surface area contributed by atoms with E-state index in [4.69, 9.17) is 0 Å². The standard InChI is InChI=1S/C13H12F3N3/c1-2-17-12-7-11(18-8-19-12)9-5-3-4-6-10(9)13(14,15)16/h3-8H,2H2,1H3,(H,17,18,19). The smallest absolute Gasteiger partial charge is 0.370 e. The van der Waals surface area contributed by atoms with Crippen molar-refractivity contribution in [3.63, 3.8) is 0 Å². The maximum atomic E-state index is 12.9. The van der Waals surface area contributed by atoms with E-state index in [0.717, 1.165) is 6.07 Å². The number of aromatic nitrogens is 2. The van der Waals surface area contributed by atoms with Crippen LogP contribution in [0.4, 0.5) is 19.0 Å². The van der Waals surface area contributed by atoms with E-state index in [9.17, 15) is 13.2 Å². The molecule has 0 saturated heterocycles. The first-order valence-electron chi connectivity index (χ1n) is 5.75. The van der Waals surface area contributed by atoms with Crippen LogP contribution in [0.3, 0.4) is 0 Å². The fraction of sp³-hybridized carbons (Fsp3) is 0.231. The maximum absolute atomic E-state index is 12.9. The number of nitrogens with zero attached hydrogens (tertiary/aromatic N) is 2. The van der Waals surface area contributed by atoms with Crippen LogP contribution >= 0.6 is 0 Å². The molecule has 19 heavy (non-hydrogen) atoms. The van der Waals surface area contributed by atoms with Crippen molar-refractivity contribution in [1.82, 2.24) is 9.97 Å². The lowest BCUT2D eigenvalue weighted by molar-refractivity contribution is -0.137. The van der Waals surface area contributed by atoms with E-state index in [1.807, 2.05) is 6.92 Å². The maximum Gasteiger partial charge on any atom is 0.417 e. The summed E-state index contributed by atoms with van der Waals surface area (Å²) in [6, 6.07) is 6.87. The molecule has 2 aromatic rings. The molecule has 0 aliphatic heterocycles. The number of nitrogens with one attached hydrogen (secondary N) is 1. The van der Waals surface area contributed by atoms with Gasteiger partial charge in [-0.2, -0.15) is 13.2 Å². The molecule has 0 atom stereocenters. The van der Waals surface area contributed by atoms with Crippen LogP contribution in [0.2, 0.25) is 0 Å². The van der Waals surface area contributed by atoms with Crippen LogP contribution in [-0.2, 0) is 6.18 Å². The molecule has 0 aliphatic carbocycles. The Morgan fingerprint density at radius 3 is 2.58 bits per heavy atom. The normalized spacial score (nSPS) is 11.4. The van der Waals surface area contributed by atoms with Gasteiger partial charge in [-0.1, -0.05) is 18.2 Å². The second kappa shape index (κ2) is 5.26. The van der Waals surface area contributed by atoms with Gasteiger partial charge < -0.3 is 5.32 Å². The summed E-state index contributed by atoms with van der Waals surface area (Å²) in [5.41, 5.74) is -0.397. The van der Waals surface area contributed by atoms with Crippen molar-refractivity contribution in [3.05, 3.63) is 42.2 Å². The molecule has 3 nitrogen and oxygen atoms in total. The monoisotopic (exact) mass is 267 g/mol. The van der Waals surface area contributed by atoms with Crippen LogP contribution in [0.1, 0.15) is 12.5 Å². The van der Waals surface area contributed by atoms with Crippen LogP contribution in [0.25, 0.3) is 11.3 Å². The molecule has 1 N–H and O–H groups in total. The lowest BCUT2D eigenvalue weighted by atomic mass is 10.0. The van der Waals surface area contributed by atoms with Gasteiger partial charge in [-0.05, 0) is 13.0 Å². The number of halogens is 3. The highest BCUT2D eigenvalue weighted by atomic mass is 19.4. The Morgan fingerprint density at radius 1 is 1.16 bits per heavy atom. The summed E-state index contributed by atoms with van der Waals surface area (Å²) in [7, 11) is 0. The molecule has 0 amide bonds. The molecule has 1 aromatic heterocycles. The Hall–Kier alpha value is -2.11. The van der Waals surface area contributed by atoms with Crippen molar-refractivity contribution < 1.29 is 13.2 Å². The van der Waals surface area contributed by atoms with Gasteiger partial charge in [0.2, 0.25) is 0 Å². The second-order valence-electron chi connectivity index (χ2n) is 3.86. The van der Waals surface area contributed by atoms with Gasteiger partial charge in [0.25, 0.3) is 0 Å². The topological polar surface area (TPSA) is 37.8 Å². The third-order valence-corrected chi connectivity index (χ3v) is 2.53. The van der Waals surface area contributed by atoms with Gasteiger partial charge in [0, 0.05) is 18.2 Å². The molecule has 0 spiro atoms. The number of rotatable bonds is 3. The summed E-state index contributed by atoms with van der Waals surface area (Å²) in [6.07, 6.45) is -3.15. The van der Waals surface area contributed by atoms with Crippen molar-refractivity contribution in [3.8, 4) is 11.3 Å². The van der Waals surface area contributed by atoms with E-state index in [1.165, 1.54) is 24.5 Å². The number of hydrogen-bond acceptors (Lipinski definition) is 3. The fourth-order valence-corrected chi connectivity index (χ4v) is 1.74. The van der Waals surface area contributed by atoms with Crippen LogP contribution in [0, 0.1) is 0 Å². The van der Waals surface area contributed by atoms with Crippen molar-refractivity contribution in [2.75, 3.05) is 11.9 Å². The molecule has 100 valence electrons. The Labute approximate surface area is 108 Å². The Balaban J connectivity index is 2.50. The summed E-state index contributed by atoms with van der Waals surface area (Å²) in [6.45, 7) is 2.52. The zero-order valence-corrected chi connectivity index (χ0v) is 10.2. The Kier molecular flexibility index (Phi) is 3.69. The molecular formula is C13H12F3N3. The van der Waals surface area contributed by atoms with Crippen molar-refractivity contribution >= 4 is 5.82 Å². The predicted octanol–water partition coefficient (Wildman–Crippen LogP) is 3.59. The summed E-state index contributed by atoms with van der Waals surface area (Å²) in [4.78, 5) is 7.86. The second-order valence-corrected chi connectivity index (χ2v) is 3.86. The lowest BCUT2D eigenvalue weighted by Crippen LogP contribution is -2.08. The van der Waals surface area contributed by atoms with Gasteiger partial charge in [0.1, 0.15) is 12.1 Å². The molecule has 0 aliphatic rings. The summed E-state index contributed by atoms with van der Waals surface area (Å²) < 4.78 is 38.8. The molecule has 2 rings (SSSR count). The fourth-order valence-electron chi connectivity index (χ4n) is 1.74. The van der Waals surface area contributed by atoms with E-state index in [-0.39, 0.29) is 11.3 Å². The molecule has 0 radical (unpaired) electrons. The predicted molar refractivity (Wildman–Crippen MR) is 66.6 cm³/mol. The minimum Gasteiger partial charge on any atom is -0.370 e. The first-order valence-corrected chi connectivity index (χ1v) is 5.75. The number of alkyl halides is 3. The van der Waals surface area contributed by atoms with Gasteiger partial charge >= 0.3 is 6.18 Å². The molecule has 0 bridgehead atoms. The molecule has 6 heteroatoms. The first kappa shape index (κ1) is 13.3. The van der Waals surface area contributed by atoms with Crippen LogP contribution in [0.5, 0.6) is 0 Å². The molecule has 0 unspecified atom stereocenters. The van der Waals surface area contributed by atoms with Crippen molar-refractivity contribution in [2.24, 2.45) is 0 Å². The van der Waals surface area contributed by atoms with E-state index in [1.54, 1.807) is 6.07 Å². The first-order chi connectivity index (χ1) is 9.02. The highest BCUT2D eigenvalue weighted by molar-refractivity contribution is 5.66. The Bertz CT molecular complexity index is 567. The van der Waals surface area contributed by atoms with Crippen molar-refractivity contribution in [1.29, 1.82) is 0 Å². The summed E-state index contributed by atoms with van der Waals surface area (Å²) >= 11 is 0. The molecule has 1 aromatic carbocycles. The average Bonchev–Trinajstić information content (AvgIpc) is 2.38. The lowest BCUT2D eigenvalue weighted by Gasteiger charge is -2.12. The summed E-state index contributed by atoms with van der Waals surface area (Å²) in [5.74, 6) is 0.504. The quantitative estimate of drug-likeness (QED) is 0.923. The molecular weight excluding hydrogens is 255 g/mol. The van der Waals surface area contributed by atoms with E-state index in [2.05, 4.69) is 15.3 Å². The minimum atomic E-state index is -4.40. The zero-order chi connectivity index (χ0) is 13.9.